The molecule has 5 N–H and O–H groups in total. The number of likely N-dealkylation sites (tertiary alicyclic amines) is 1. The molecule has 4 rings (SSSR count). The number of hydrogen-bond acceptors (Lipinski definition) is 11. The second kappa shape index (κ2) is 31.9. The summed E-state index contributed by atoms with van der Waals surface area (Å²) in [5.74, 6) is -7.38. The number of rotatable bonds is 35. The van der Waals surface area contributed by atoms with Gasteiger partial charge in [-0.05, 0) is 80.2 Å². The number of imide groups is 1. The average Bonchev–Trinajstić information content (AvgIpc) is 3.90. The van der Waals surface area contributed by atoms with Crippen molar-refractivity contribution < 1.29 is 66.9 Å². The van der Waals surface area contributed by atoms with Gasteiger partial charge in [-0.3, -0.25) is 48.1 Å². The summed E-state index contributed by atoms with van der Waals surface area (Å²) in [6, 6.07) is 11.6. The molecule has 0 aliphatic carbocycles. The van der Waals surface area contributed by atoms with Crippen LogP contribution in [0.2, 0.25) is 0 Å². The molecule has 2 heterocycles. The average molecular weight is 1140 g/mol. The van der Waals surface area contributed by atoms with Crippen LogP contribution in [0.15, 0.2) is 60.8 Å². The zero-order valence-corrected chi connectivity index (χ0v) is 48.0. The fourth-order valence-corrected chi connectivity index (χ4v) is 10.5. The van der Waals surface area contributed by atoms with Gasteiger partial charge in [-0.25, -0.2) is 13.6 Å². The Morgan fingerprint density at radius 3 is 2.16 bits per heavy atom. The summed E-state index contributed by atoms with van der Waals surface area (Å²) < 4.78 is 32.0. The first-order valence-corrected chi connectivity index (χ1v) is 28.7. The molecule has 1 aliphatic rings. The number of carbonyl (C=O) groups excluding carboxylic acids is 8. The van der Waals surface area contributed by atoms with Crippen LogP contribution in [-0.2, 0) is 54.5 Å². The number of Topliss-reactive ketones (excluding diaryl/α,β-unsaturated/α-hetero) is 2. The first-order valence-electron chi connectivity index (χ1n) is 27.5. The molecule has 21 heteroatoms. The van der Waals surface area contributed by atoms with Crippen molar-refractivity contribution in [2.75, 3.05) is 31.1 Å². The monoisotopic (exact) mass is 1130 g/mol. The van der Waals surface area contributed by atoms with Crippen molar-refractivity contribution in [2.24, 2.45) is 23.2 Å². The molecule has 1 fully saturated rings. The number of halogens is 2. The van der Waals surface area contributed by atoms with E-state index in [4.69, 9.17) is 5.11 Å². The third kappa shape index (κ3) is 21.0. The second-order valence-corrected chi connectivity index (χ2v) is 23.2. The molecule has 18 nitrogen and oxygen atoms in total. The van der Waals surface area contributed by atoms with Crippen LogP contribution >= 0.6 is 11.8 Å². The minimum absolute atomic E-state index is 0.000612. The smallest absolute Gasteiger partial charge is 0.326 e. The van der Waals surface area contributed by atoms with E-state index in [-0.39, 0.29) is 116 Å². The topological polar surface area (TPSA) is 259 Å². The molecule has 1 aliphatic heterocycles. The molecular formula is C59H80F2N6O12S. The molecule has 5 atom stereocenters. The molecule has 80 heavy (non-hydrogen) atoms. The molecule has 0 spiro atoms. The molecule has 1 saturated heterocycles. The van der Waals surface area contributed by atoms with Crippen molar-refractivity contribution in [1.82, 2.24) is 30.3 Å². The summed E-state index contributed by atoms with van der Waals surface area (Å²) in [5.41, 5.74) is 1.33. The molecule has 1 aromatic heterocycles. The summed E-state index contributed by atoms with van der Waals surface area (Å²) in [6.45, 7) is 13.6. The summed E-state index contributed by atoms with van der Waals surface area (Å²) in [6.07, 6.45) is 3.67. The number of carboxylic acid groups (broad SMARTS) is 2. The van der Waals surface area contributed by atoms with Crippen LogP contribution in [0.1, 0.15) is 149 Å². The Kier molecular flexibility index (Phi) is 26.2. The van der Waals surface area contributed by atoms with E-state index < -0.39 is 77.2 Å². The number of aliphatic carboxylic acids is 2. The number of nitrogens with one attached hydrogen (secondary N) is 3. The lowest BCUT2D eigenvalue weighted by Crippen LogP contribution is -2.44. The van der Waals surface area contributed by atoms with Crippen LogP contribution in [0.3, 0.4) is 0 Å². The maximum atomic E-state index is 15.4. The van der Waals surface area contributed by atoms with Crippen LogP contribution in [0.25, 0.3) is 11.1 Å². The molecular weight excluding hydrogens is 1050 g/mol. The predicted molar refractivity (Wildman–Crippen MR) is 299 cm³/mol. The van der Waals surface area contributed by atoms with Crippen molar-refractivity contribution >= 4 is 70.7 Å². The lowest BCUT2D eigenvalue weighted by molar-refractivity contribution is -0.143. The van der Waals surface area contributed by atoms with Gasteiger partial charge in [-0.2, -0.15) is 11.8 Å². The van der Waals surface area contributed by atoms with Crippen LogP contribution in [0.5, 0.6) is 0 Å². The van der Waals surface area contributed by atoms with Crippen molar-refractivity contribution in [3.8, 4) is 11.1 Å². The highest BCUT2D eigenvalue weighted by Crippen LogP contribution is 2.42. The zero-order chi connectivity index (χ0) is 59.3. The van der Waals surface area contributed by atoms with E-state index in [2.05, 4.69) is 16.0 Å². The van der Waals surface area contributed by atoms with E-state index >= 15 is 4.39 Å². The van der Waals surface area contributed by atoms with Gasteiger partial charge in [-0.1, -0.05) is 78.3 Å². The van der Waals surface area contributed by atoms with E-state index in [1.54, 1.807) is 31.0 Å². The highest BCUT2D eigenvalue weighted by Gasteiger charge is 2.38. The number of aromatic nitrogens is 1. The number of amides is 6. The quantitative estimate of drug-likeness (QED) is 0.0278. The Balaban J connectivity index is 1.44. The van der Waals surface area contributed by atoms with Crippen molar-refractivity contribution in [3.05, 3.63) is 83.7 Å². The Hall–Kier alpha value is -6.77. The molecule has 0 saturated carbocycles. The van der Waals surface area contributed by atoms with Gasteiger partial charge in [-0.15, -0.1) is 0 Å². The maximum absolute atomic E-state index is 15.4. The van der Waals surface area contributed by atoms with E-state index in [0.29, 0.717) is 56.5 Å². The van der Waals surface area contributed by atoms with Crippen LogP contribution in [0.4, 0.5) is 8.78 Å². The zero-order valence-electron chi connectivity index (χ0n) is 47.2. The highest BCUT2D eigenvalue weighted by molar-refractivity contribution is 7.99. The maximum Gasteiger partial charge on any atom is 0.326 e. The predicted octanol–water partition coefficient (Wildman–Crippen LogP) is 7.89. The fraction of sp³-hybridized carbons (Fsp3) is 0.559. The standard InChI is InChI=1S/C59H80F2N6O12S/c1-37(2)44(33-43(68)18-12-9-14-28-67-52(72)30-38(3)57(67)77)56(76)63-39(4)49(69)19-13-15-27-66(53(73)36-80-29-25-50(70)62-26-24-51(71)64-47(58(78)79)22-23-54(74)75)55(59(5,6)7)48-31-41(45-32-42(60)20-21-46(45)61)35-65(48)34-40-16-10-8-11-17-40/h8,10-11,16-17,20-21,31-32,35,37-39,44,47,55H,9,12-15,18-19,22-30,33-34,36H2,1-7H3,(H,62,70)(H,63,76)(H,64,71)(H,74,75)(H,78,79)/t38?,39-,44-,47-,55-/m0/s1. The van der Waals surface area contributed by atoms with Gasteiger partial charge in [0.25, 0.3) is 0 Å². The van der Waals surface area contributed by atoms with Gasteiger partial charge >= 0.3 is 11.9 Å². The fourth-order valence-electron chi connectivity index (χ4n) is 9.64. The van der Waals surface area contributed by atoms with E-state index in [9.17, 15) is 57.4 Å². The van der Waals surface area contributed by atoms with E-state index in [1.165, 1.54) is 16.7 Å². The number of thioether (sulfide) groups is 1. The number of unbranched alkanes of at least 4 members (excludes halogenated alkanes) is 3. The van der Waals surface area contributed by atoms with Gasteiger partial charge in [0, 0.05) is 112 Å². The summed E-state index contributed by atoms with van der Waals surface area (Å²) in [7, 11) is 0. The number of nitrogens with zero attached hydrogens (tertiary/aromatic N) is 3. The lowest BCUT2D eigenvalue weighted by Gasteiger charge is -2.41. The second-order valence-electron chi connectivity index (χ2n) is 22.1. The Morgan fingerprint density at radius 2 is 1.52 bits per heavy atom. The molecule has 1 unspecified atom stereocenters. The highest BCUT2D eigenvalue weighted by atomic mass is 32.2. The van der Waals surface area contributed by atoms with Crippen molar-refractivity contribution in [3.63, 3.8) is 0 Å². The summed E-state index contributed by atoms with van der Waals surface area (Å²) in [5, 5.41) is 25.9. The molecule has 6 amide bonds. The van der Waals surface area contributed by atoms with Crippen LogP contribution < -0.4 is 16.0 Å². The van der Waals surface area contributed by atoms with E-state index in [0.717, 1.165) is 23.8 Å². The number of carbonyl (C=O) groups is 10. The first kappa shape index (κ1) is 65.7. The number of carboxylic acids is 2. The van der Waals surface area contributed by atoms with Gasteiger partial charge in [0.05, 0.1) is 17.8 Å². The van der Waals surface area contributed by atoms with Crippen molar-refractivity contribution in [2.45, 2.75) is 157 Å². The minimum atomic E-state index is -1.40. The first-order chi connectivity index (χ1) is 37.8. The summed E-state index contributed by atoms with van der Waals surface area (Å²) >= 11 is 1.20. The Morgan fingerprint density at radius 1 is 0.825 bits per heavy atom. The minimum Gasteiger partial charge on any atom is -0.481 e. The largest absolute Gasteiger partial charge is 0.481 e. The van der Waals surface area contributed by atoms with Gasteiger partial charge < -0.3 is 35.6 Å². The molecule has 0 bridgehead atoms. The number of ketones is 2. The van der Waals surface area contributed by atoms with Gasteiger partial charge in [0.1, 0.15) is 23.5 Å². The van der Waals surface area contributed by atoms with Gasteiger partial charge in [0.15, 0.2) is 5.78 Å². The normalized spacial score (nSPS) is 15.0. The number of benzene rings is 2. The molecule has 3 aromatic rings. The van der Waals surface area contributed by atoms with Gasteiger partial charge in [0.2, 0.25) is 35.4 Å². The Bertz CT molecular complexity index is 2660. The van der Waals surface area contributed by atoms with E-state index in [1.807, 2.05) is 69.5 Å². The van der Waals surface area contributed by atoms with Crippen LogP contribution in [0, 0.1) is 34.8 Å². The van der Waals surface area contributed by atoms with Crippen molar-refractivity contribution in [1.29, 1.82) is 0 Å². The lowest BCUT2D eigenvalue weighted by atomic mass is 9.82. The molecule has 0 radical (unpaired) electrons. The molecule has 438 valence electrons. The third-order valence-corrected chi connectivity index (χ3v) is 15.0. The Labute approximate surface area is 471 Å². The third-order valence-electron chi connectivity index (χ3n) is 14.1. The molecule has 2 aromatic carbocycles. The SMILES string of the molecule is CC1CC(=O)N(CCCCCC(=O)C[C@H](C(=O)N[C@@H](C)C(=O)CCCCN(C(=O)CSCCC(=O)NCCC(=O)N[C@@H](CCC(=O)O)C(=O)O)[C@@H](c2cc(-c3cc(F)ccc3F)cn2Cc2ccccc2)C(C)(C)C)C(C)C)C1=O. The number of hydrogen-bond donors (Lipinski definition) is 5. The van der Waals surface area contributed by atoms with Crippen LogP contribution in [-0.4, -0.2) is 127 Å². The summed E-state index contributed by atoms with van der Waals surface area (Å²) in [4.78, 5) is 130.